The summed E-state index contributed by atoms with van der Waals surface area (Å²) in [5.41, 5.74) is 6.15. The Hall–Kier alpha value is -8.78. The number of aliphatic hydroxyl groups is 3. The van der Waals surface area contributed by atoms with Gasteiger partial charge in [0.2, 0.25) is 41.4 Å². The third-order valence-corrected chi connectivity index (χ3v) is 21.5. The molecule has 0 saturated carbocycles. The van der Waals surface area contributed by atoms with E-state index in [4.69, 9.17) is 4.74 Å². The first kappa shape index (κ1) is 78.9. The number of aliphatic hydroxyl groups excluding tert-OH is 3. The van der Waals surface area contributed by atoms with Crippen LogP contribution in [-0.4, -0.2) is 159 Å². The summed E-state index contributed by atoms with van der Waals surface area (Å²) in [5.74, 6) is -7.41. The summed E-state index contributed by atoms with van der Waals surface area (Å²) >= 11 is 1.58. The molecule has 1 aliphatic carbocycles. The van der Waals surface area contributed by atoms with Crippen molar-refractivity contribution in [3.63, 3.8) is 0 Å². The number of hydrogen-bond acceptors (Lipinski definition) is 16. The van der Waals surface area contributed by atoms with E-state index in [0.717, 1.165) is 55.0 Å². The number of amides is 8. The summed E-state index contributed by atoms with van der Waals surface area (Å²) < 4.78 is 4.64. The van der Waals surface area contributed by atoms with Crippen molar-refractivity contribution < 1.29 is 63.2 Å². The Morgan fingerprint density at radius 2 is 1.20 bits per heavy atom. The number of ether oxygens (including phenoxy) is 1. The molecule has 1 heterocycles. The average Bonchev–Trinajstić information content (AvgIpc) is 0.886. The van der Waals surface area contributed by atoms with Gasteiger partial charge in [0.25, 0.3) is 0 Å². The van der Waals surface area contributed by atoms with Crippen molar-refractivity contribution >= 4 is 92.1 Å². The van der Waals surface area contributed by atoms with Gasteiger partial charge >= 0.3 is 6.09 Å². The molecule has 24 heteroatoms. The molecule has 0 unspecified atom stereocenters. The van der Waals surface area contributed by atoms with E-state index >= 15 is 19.2 Å². The van der Waals surface area contributed by atoms with Gasteiger partial charge < -0.3 is 62.6 Å². The predicted molar refractivity (Wildman–Crippen MR) is 399 cm³/mol. The lowest BCUT2D eigenvalue weighted by Gasteiger charge is -2.35. The lowest BCUT2D eigenvalue weighted by Crippen LogP contribution is -2.61. The highest BCUT2D eigenvalue weighted by molar-refractivity contribution is 8.76. The molecule has 1 saturated heterocycles. The minimum absolute atomic E-state index is 0.00742. The van der Waals surface area contributed by atoms with E-state index < -0.39 is 137 Å². The number of ketones is 1. The van der Waals surface area contributed by atoms with Crippen LogP contribution in [0.5, 0.6) is 0 Å². The van der Waals surface area contributed by atoms with Gasteiger partial charge in [-0.3, -0.25) is 38.4 Å². The van der Waals surface area contributed by atoms with Crippen LogP contribution in [0.15, 0.2) is 182 Å². The van der Waals surface area contributed by atoms with Gasteiger partial charge in [0.1, 0.15) is 35.8 Å². The quantitative estimate of drug-likeness (QED) is 0.0143. The number of carbonyl (C=O) groups is 9. The number of nitrogens with one attached hydrogen (secondary N) is 8. The SMILES string of the molecule is C[C@@H](O)[C@@H]1NC(=O)[C@H](CCCCNC(=O)OC(C)(C)C)NC(=O)[C@@H](CC2=CCc3ccccc32)NC(=O)[C@H](Cc2ccccc2)CC(=O)[C@@H](NC(=O)[C@@H](Cc2ccccc2)NC(=O)CCSC(c2ccccc2)(c2ccccc2)c2ccccc2)CSSC[C@@H](C(=O)N[C@H](CO)[C@@H](C)O)NC1=O. The van der Waals surface area contributed by atoms with E-state index in [-0.39, 0.29) is 63.0 Å². The number of carbonyl (C=O) groups excluding carboxylic acids is 9. The van der Waals surface area contributed by atoms with E-state index in [9.17, 15) is 39.3 Å². The molecule has 6 aromatic carbocycles. The third-order valence-electron chi connectivity index (χ3n) is 17.5. The zero-order valence-corrected chi connectivity index (χ0v) is 60.6. The van der Waals surface area contributed by atoms with Gasteiger partial charge in [0.05, 0.1) is 35.6 Å². The van der Waals surface area contributed by atoms with Crippen LogP contribution < -0.4 is 42.5 Å². The second-order valence-electron chi connectivity index (χ2n) is 26.5. The van der Waals surface area contributed by atoms with Crippen molar-refractivity contribution in [2.45, 2.75) is 157 Å². The topological polar surface area (TPSA) is 320 Å². The van der Waals surface area contributed by atoms with Crippen LogP contribution in [0.3, 0.4) is 0 Å². The second kappa shape index (κ2) is 39.0. The van der Waals surface area contributed by atoms with Crippen molar-refractivity contribution in [2.75, 3.05) is 30.4 Å². The molecule has 8 rings (SSSR count). The number of rotatable bonds is 26. The summed E-state index contributed by atoms with van der Waals surface area (Å²) in [6.07, 6.45) is -1.21. The monoisotopic (exact) mass is 1450 g/mol. The number of hydrogen-bond donors (Lipinski definition) is 11. The fourth-order valence-electron chi connectivity index (χ4n) is 12.1. The lowest BCUT2D eigenvalue weighted by atomic mass is 9.84. The molecule has 1 aliphatic heterocycles. The number of benzene rings is 6. The summed E-state index contributed by atoms with van der Waals surface area (Å²) in [4.78, 5) is 132. The van der Waals surface area contributed by atoms with Gasteiger partial charge in [-0.2, -0.15) is 0 Å². The second-order valence-corrected chi connectivity index (χ2v) is 30.4. The smallest absolute Gasteiger partial charge is 0.407 e. The summed E-state index contributed by atoms with van der Waals surface area (Å²) in [6.45, 7) is 7.18. The van der Waals surface area contributed by atoms with Crippen molar-refractivity contribution in [2.24, 2.45) is 5.92 Å². The highest BCUT2D eigenvalue weighted by Gasteiger charge is 2.40. The molecule has 2 aliphatic rings. The number of fused-ring (bicyclic) bond motifs is 1. The van der Waals surface area contributed by atoms with E-state index in [2.05, 4.69) is 78.9 Å². The Bertz CT molecular complexity index is 3700. The molecule has 0 bridgehead atoms. The Morgan fingerprint density at radius 1 is 0.637 bits per heavy atom. The van der Waals surface area contributed by atoms with Gasteiger partial charge in [-0.15, -0.1) is 11.8 Å². The highest BCUT2D eigenvalue weighted by Crippen LogP contribution is 2.48. The molecule has 8 amide bonds. The molecular formula is C78H94N8O13S3. The Morgan fingerprint density at radius 3 is 1.78 bits per heavy atom. The third kappa shape index (κ3) is 23.4. The number of alkyl carbamates (subject to hydrolysis) is 1. The van der Waals surface area contributed by atoms with Crippen LogP contribution in [0.2, 0.25) is 0 Å². The van der Waals surface area contributed by atoms with E-state index in [0.29, 0.717) is 23.3 Å². The maximum atomic E-state index is 15.5. The molecule has 1 fully saturated rings. The summed E-state index contributed by atoms with van der Waals surface area (Å²) in [6, 6.07) is 45.9. The molecule has 0 spiro atoms. The van der Waals surface area contributed by atoms with Crippen molar-refractivity contribution in [3.8, 4) is 0 Å². The van der Waals surface area contributed by atoms with E-state index in [1.165, 1.54) is 13.8 Å². The maximum absolute atomic E-state index is 15.5. The first-order valence-electron chi connectivity index (χ1n) is 34.5. The van der Waals surface area contributed by atoms with E-state index in [1.807, 2.05) is 103 Å². The average molecular weight is 1450 g/mol. The van der Waals surface area contributed by atoms with Crippen LogP contribution in [0.1, 0.15) is 112 Å². The van der Waals surface area contributed by atoms with Crippen molar-refractivity contribution in [1.29, 1.82) is 0 Å². The van der Waals surface area contributed by atoms with Crippen LogP contribution in [-0.2, 0) is 67.1 Å². The molecule has 6 aromatic rings. The van der Waals surface area contributed by atoms with Crippen LogP contribution in [0.25, 0.3) is 5.57 Å². The van der Waals surface area contributed by atoms with Crippen molar-refractivity contribution in [3.05, 3.63) is 221 Å². The summed E-state index contributed by atoms with van der Waals surface area (Å²) in [5, 5.41) is 54.1. The minimum Gasteiger partial charge on any atom is -0.444 e. The van der Waals surface area contributed by atoms with Gasteiger partial charge in [-0.25, -0.2) is 4.79 Å². The molecular weight excluding hydrogens is 1350 g/mol. The standard InChI is InChI=1S/C78H94N8O13S3/c1-50(88)64(47-87)83-74(96)66-49-102-101-48-65(84-72(94)62(44-53-27-13-7-14-28-53)80-68(91)40-42-100-78(57-30-15-8-16-31-57,58-32-17-9-18-33-58)59-34-19-10-20-35-59)67(90)46-56(43-52-25-11-6-12-26-52)70(92)82-63(45-55-39-38-54-29-21-22-36-60(54)55)73(95)81-61(71(93)86-69(51(2)89)75(97)85-66)37-23-24-41-79-76(98)99-77(3,4)5/h6-22,25-36,39,50-51,56,61-66,69,87-89H,23-24,37-38,40-49H2,1-5H3,(H,79,98)(H,80,91)(H,81,95)(H,82,92)(H,83,96)(H,84,94)(H,85,97)(H,86,93)/t50-,51-,56-,61+,62-,63-,64-,65+,66+,69+/m1/s1. The molecule has 542 valence electrons. The number of allylic oxidation sites excluding steroid dienone is 1. The van der Waals surface area contributed by atoms with Crippen LogP contribution in [0, 0.1) is 5.92 Å². The van der Waals surface area contributed by atoms with Gasteiger partial charge in [0, 0.05) is 55.4 Å². The zero-order chi connectivity index (χ0) is 73.2. The Kier molecular flexibility index (Phi) is 30.2. The summed E-state index contributed by atoms with van der Waals surface area (Å²) in [7, 11) is 2.05. The van der Waals surface area contributed by atoms with Crippen molar-refractivity contribution in [1.82, 2.24) is 42.5 Å². The van der Waals surface area contributed by atoms with Gasteiger partial charge in [-0.1, -0.05) is 204 Å². The van der Waals surface area contributed by atoms with Crippen LogP contribution in [0.4, 0.5) is 4.79 Å². The molecule has 10 atom stereocenters. The minimum atomic E-state index is -1.75. The molecule has 102 heavy (non-hydrogen) atoms. The highest BCUT2D eigenvalue weighted by atomic mass is 33.1. The predicted octanol–water partition coefficient (Wildman–Crippen LogP) is 7.43. The van der Waals surface area contributed by atoms with Crippen LogP contribution >= 0.6 is 33.3 Å². The normalized spacial score (nSPS) is 20.0. The molecule has 0 radical (unpaired) electrons. The number of thioether (sulfide) groups is 1. The largest absolute Gasteiger partial charge is 0.444 e. The molecule has 0 aromatic heterocycles. The number of unbranched alkanes of at least 4 members (excludes halogenated alkanes) is 1. The fraction of sp³-hybridized carbons (Fsp3) is 0.397. The molecule has 21 nitrogen and oxygen atoms in total. The zero-order valence-electron chi connectivity index (χ0n) is 58.1. The Balaban J connectivity index is 1.14. The van der Waals surface area contributed by atoms with E-state index in [1.54, 1.807) is 75.0 Å². The first-order chi connectivity index (χ1) is 49.0. The molecule has 11 N–H and O–H groups in total. The first-order valence-corrected chi connectivity index (χ1v) is 38.0. The maximum Gasteiger partial charge on any atom is 0.407 e. The van der Waals surface area contributed by atoms with Gasteiger partial charge in [-0.05, 0) is 111 Å². The van der Waals surface area contributed by atoms with Gasteiger partial charge in [0.15, 0.2) is 5.78 Å². The number of Topliss-reactive ketones (excluding diaryl/α,β-unsaturated/α-hetero) is 1. The fourth-order valence-corrected chi connectivity index (χ4v) is 16.0. The lowest BCUT2D eigenvalue weighted by molar-refractivity contribution is -0.137. The Labute approximate surface area is 608 Å².